The molecule has 0 aliphatic rings. The van der Waals surface area contributed by atoms with Crippen LogP contribution in [0.2, 0.25) is 0 Å². The van der Waals surface area contributed by atoms with Gasteiger partial charge in [0.15, 0.2) is 5.69 Å². The van der Waals surface area contributed by atoms with Crippen LogP contribution >= 0.6 is 0 Å². The molecule has 0 aliphatic heterocycles. The van der Waals surface area contributed by atoms with Gasteiger partial charge in [0, 0.05) is 23.3 Å². The molecule has 0 aliphatic carbocycles. The minimum atomic E-state index is -0.200. The first-order chi connectivity index (χ1) is 10.3. The molecular weight excluding hydrogens is 276 g/mol. The van der Waals surface area contributed by atoms with E-state index in [1.54, 1.807) is 6.07 Å². The largest absolute Gasteiger partial charge is 0.321 e. The number of anilines is 1. The van der Waals surface area contributed by atoms with Gasteiger partial charge in [0.1, 0.15) is 0 Å². The Morgan fingerprint density at radius 2 is 2.00 bits per heavy atom. The van der Waals surface area contributed by atoms with E-state index < -0.39 is 0 Å². The molecule has 2 N–H and O–H groups in total. The van der Waals surface area contributed by atoms with Crippen LogP contribution in [0.25, 0.3) is 0 Å². The highest BCUT2D eigenvalue weighted by molar-refractivity contribution is 6.02. The molecule has 1 amide bonds. The van der Waals surface area contributed by atoms with E-state index in [9.17, 15) is 4.79 Å². The van der Waals surface area contributed by atoms with Gasteiger partial charge in [-0.05, 0) is 37.9 Å². The lowest BCUT2D eigenvalue weighted by Gasteiger charge is -2.14. The third kappa shape index (κ3) is 4.18. The predicted octanol–water partition coefficient (Wildman–Crippen LogP) is 3.02. The van der Waals surface area contributed by atoms with Crippen molar-refractivity contribution in [2.24, 2.45) is 0 Å². The Bertz CT molecular complexity index is 653. The van der Waals surface area contributed by atoms with Crippen LogP contribution in [0.3, 0.4) is 0 Å². The first kappa shape index (κ1) is 16.2. The number of hydrogen-bond acceptors (Lipinski definition) is 3. The number of nitrogens with zero attached hydrogens (tertiary/aromatic N) is 2. The molecule has 0 fully saturated rings. The number of benzene rings is 1. The molecule has 5 nitrogen and oxygen atoms in total. The fourth-order valence-corrected chi connectivity index (χ4v) is 2.13. The molecule has 22 heavy (non-hydrogen) atoms. The Labute approximate surface area is 131 Å². The van der Waals surface area contributed by atoms with Crippen LogP contribution in [0.15, 0.2) is 30.3 Å². The average Bonchev–Trinajstić information content (AvgIpc) is 2.87. The van der Waals surface area contributed by atoms with Gasteiger partial charge < -0.3 is 10.2 Å². The van der Waals surface area contributed by atoms with Gasteiger partial charge in [0.2, 0.25) is 0 Å². The zero-order chi connectivity index (χ0) is 16.3. The third-order valence-corrected chi connectivity index (χ3v) is 3.30. The van der Waals surface area contributed by atoms with Gasteiger partial charge in [-0.1, -0.05) is 32.9 Å². The van der Waals surface area contributed by atoms with Gasteiger partial charge in [-0.3, -0.25) is 9.89 Å². The fourth-order valence-electron chi connectivity index (χ4n) is 2.13. The summed E-state index contributed by atoms with van der Waals surface area (Å²) in [7, 11) is 4.03. The highest BCUT2D eigenvalue weighted by Crippen LogP contribution is 2.21. The van der Waals surface area contributed by atoms with Gasteiger partial charge in [-0.15, -0.1) is 0 Å². The Morgan fingerprint density at radius 3 is 2.59 bits per heavy atom. The second-order valence-corrected chi connectivity index (χ2v) is 6.81. The van der Waals surface area contributed by atoms with Crippen LogP contribution in [-0.2, 0) is 12.0 Å². The Balaban J connectivity index is 2.10. The topological polar surface area (TPSA) is 61.0 Å². The highest BCUT2D eigenvalue weighted by atomic mass is 16.1. The van der Waals surface area contributed by atoms with E-state index >= 15 is 0 Å². The molecule has 2 aromatic rings. The quantitative estimate of drug-likeness (QED) is 0.912. The molecule has 1 aromatic carbocycles. The summed E-state index contributed by atoms with van der Waals surface area (Å²) in [6.07, 6.45) is 0. The van der Waals surface area contributed by atoms with Crippen molar-refractivity contribution >= 4 is 11.6 Å². The first-order valence-corrected chi connectivity index (χ1v) is 7.36. The van der Waals surface area contributed by atoms with E-state index in [0.717, 1.165) is 23.5 Å². The van der Waals surface area contributed by atoms with Crippen LogP contribution in [-0.4, -0.2) is 35.1 Å². The number of aromatic nitrogens is 2. The van der Waals surface area contributed by atoms with Crippen molar-refractivity contribution in [2.75, 3.05) is 19.4 Å². The lowest BCUT2D eigenvalue weighted by molar-refractivity contribution is 0.102. The van der Waals surface area contributed by atoms with E-state index in [1.807, 2.05) is 38.4 Å². The van der Waals surface area contributed by atoms with E-state index in [1.165, 1.54) is 0 Å². The fraction of sp³-hybridized carbons (Fsp3) is 0.412. The van der Waals surface area contributed by atoms with Crippen LogP contribution in [0.1, 0.15) is 42.5 Å². The maximum atomic E-state index is 12.3. The summed E-state index contributed by atoms with van der Waals surface area (Å²) in [6.45, 7) is 7.06. The molecule has 1 heterocycles. The second-order valence-electron chi connectivity index (χ2n) is 6.81. The molecule has 2 rings (SSSR count). The standard InChI is InChI=1S/C17H24N4O/c1-17(2,3)15-10-14(19-20-15)16(22)18-13-8-6-7-12(9-13)11-21(4)5/h6-10H,11H2,1-5H3,(H,18,22)(H,19,20). The maximum Gasteiger partial charge on any atom is 0.276 e. The monoisotopic (exact) mass is 300 g/mol. The van der Waals surface area contributed by atoms with Gasteiger partial charge in [0.05, 0.1) is 0 Å². The highest BCUT2D eigenvalue weighted by Gasteiger charge is 2.19. The number of nitrogens with one attached hydrogen (secondary N) is 2. The van der Waals surface area contributed by atoms with E-state index in [2.05, 4.69) is 41.2 Å². The zero-order valence-electron chi connectivity index (χ0n) is 13.9. The Hall–Kier alpha value is -2.14. The van der Waals surface area contributed by atoms with Crippen molar-refractivity contribution in [2.45, 2.75) is 32.7 Å². The van der Waals surface area contributed by atoms with Crippen LogP contribution in [0, 0.1) is 0 Å². The smallest absolute Gasteiger partial charge is 0.276 e. The number of aromatic amines is 1. The maximum absolute atomic E-state index is 12.3. The summed E-state index contributed by atoms with van der Waals surface area (Å²) < 4.78 is 0. The summed E-state index contributed by atoms with van der Waals surface area (Å²) in [5.74, 6) is -0.200. The summed E-state index contributed by atoms with van der Waals surface area (Å²) in [4.78, 5) is 14.4. The summed E-state index contributed by atoms with van der Waals surface area (Å²) in [5.41, 5.74) is 3.23. The van der Waals surface area contributed by atoms with Gasteiger partial charge in [-0.2, -0.15) is 5.10 Å². The molecule has 0 atom stereocenters. The lowest BCUT2D eigenvalue weighted by atomic mass is 9.92. The number of carbonyl (C=O) groups excluding carboxylic acids is 1. The number of carbonyl (C=O) groups is 1. The van der Waals surface area contributed by atoms with Crippen molar-refractivity contribution < 1.29 is 4.79 Å². The SMILES string of the molecule is CN(C)Cc1cccc(NC(=O)c2cc(C(C)(C)C)[nH]n2)c1. The molecule has 1 aromatic heterocycles. The first-order valence-electron chi connectivity index (χ1n) is 7.36. The summed E-state index contributed by atoms with van der Waals surface area (Å²) >= 11 is 0. The van der Waals surface area contributed by atoms with Crippen LogP contribution < -0.4 is 5.32 Å². The normalized spacial score (nSPS) is 11.7. The molecule has 0 radical (unpaired) electrons. The van der Waals surface area contributed by atoms with Gasteiger partial charge in [-0.25, -0.2) is 0 Å². The molecule has 0 bridgehead atoms. The molecular formula is C17H24N4O. The minimum Gasteiger partial charge on any atom is -0.321 e. The van der Waals surface area contributed by atoms with Crippen molar-refractivity contribution in [3.8, 4) is 0 Å². The molecule has 118 valence electrons. The molecule has 5 heteroatoms. The molecule has 0 unspecified atom stereocenters. The van der Waals surface area contributed by atoms with Gasteiger partial charge >= 0.3 is 0 Å². The van der Waals surface area contributed by atoms with Gasteiger partial charge in [0.25, 0.3) is 5.91 Å². The third-order valence-electron chi connectivity index (χ3n) is 3.30. The van der Waals surface area contributed by atoms with Crippen LogP contribution in [0.5, 0.6) is 0 Å². The Morgan fingerprint density at radius 1 is 1.27 bits per heavy atom. The number of hydrogen-bond donors (Lipinski definition) is 2. The lowest BCUT2D eigenvalue weighted by Crippen LogP contribution is -2.14. The summed E-state index contributed by atoms with van der Waals surface area (Å²) in [6, 6.07) is 9.66. The second kappa shape index (κ2) is 6.32. The van der Waals surface area contributed by atoms with E-state index in [-0.39, 0.29) is 11.3 Å². The van der Waals surface area contributed by atoms with Crippen LogP contribution in [0.4, 0.5) is 5.69 Å². The Kier molecular flexibility index (Phi) is 4.66. The molecule has 0 saturated carbocycles. The van der Waals surface area contributed by atoms with Crippen molar-refractivity contribution in [1.82, 2.24) is 15.1 Å². The average molecular weight is 300 g/mol. The van der Waals surface area contributed by atoms with E-state index in [0.29, 0.717) is 5.69 Å². The van der Waals surface area contributed by atoms with Crippen molar-refractivity contribution in [1.29, 1.82) is 0 Å². The van der Waals surface area contributed by atoms with Crippen molar-refractivity contribution in [3.05, 3.63) is 47.3 Å². The number of amides is 1. The summed E-state index contributed by atoms with van der Waals surface area (Å²) in [5, 5.41) is 9.93. The minimum absolute atomic E-state index is 0.0584. The van der Waals surface area contributed by atoms with Crippen molar-refractivity contribution in [3.63, 3.8) is 0 Å². The van der Waals surface area contributed by atoms with E-state index in [4.69, 9.17) is 0 Å². The zero-order valence-corrected chi connectivity index (χ0v) is 13.9. The number of rotatable bonds is 4. The molecule has 0 saturated heterocycles. The predicted molar refractivity (Wildman–Crippen MR) is 89.1 cm³/mol. The number of H-pyrrole nitrogens is 1. The molecule has 0 spiro atoms.